The number of hydrogen-bond donors (Lipinski definition) is 0. The van der Waals surface area contributed by atoms with Crippen molar-refractivity contribution in [3.05, 3.63) is 71.3 Å². The summed E-state index contributed by atoms with van der Waals surface area (Å²) in [5, 5.41) is 0. The largest absolute Gasteiger partial charge is 0.375 e. The second-order valence-corrected chi connectivity index (χ2v) is 7.80. The molecule has 1 atom stereocenters. The Morgan fingerprint density at radius 2 is 1.50 bits per heavy atom. The van der Waals surface area contributed by atoms with E-state index >= 15 is 0 Å². The first kappa shape index (κ1) is 18.9. The molecule has 1 fully saturated rings. The van der Waals surface area contributed by atoms with Gasteiger partial charge in [-0.05, 0) is 49.8 Å². The summed E-state index contributed by atoms with van der Waals surface area (Å²) >= 11 is 0. The van der Waals surface area contributed by atoms with Crippen molar-refractivity contribution in [1.82, 2.24) is 4.90 Å². The molecule has 1 aliphatic heterocycles. The quantitative estimate of drug-likeness (QED) is 0.630. The summed E-state index contributed by atoms with van der Waals surface area (Å²) in [7, 11) is 0. The van der Waals surface area contributed by atoms with Gasteiger partial charge in [-0.15, -0.1) is 0 Å². The minimum Gasteiger partial charge on any atom is -0.375 e. The van der Waals surface area contributed by atoms with Gasteiger partial charge < -0.3 is 4.74 Å². The van der Waals surface area contributed by atoms with Gasteiger partial charge in [0.05, 0.1) is 23.3 Å². The van der Waals surface area contributed by atoms with Crippen LogP contribution >= 0.6 is 0 Å². The number of carbonyl (C=O) groups is 2. The van der Waals surface area contributed by atoms with E-state index in [1.807, 2.05) is 6.07 Å². The van der Waals surface area contributed by atoms with Crippen LogP contribution in [0.5, 0.6) is 0 Å². The highest BCUT2D eigenvalue weighted by molar-refractivity contribution is 6.21. The third-order valence-electron chi connectivity index (χ3n) is 5.78. The first-order valence-corrected chi connectivity index (χ1v) is 10.4. The number of ether oxygens (including phenoxy) is 1. The molecule has 0 radical (unpaired) electrons. The topological polar surface area (TPSA) is 46.6 Å². The average Bonchev–Trinajstić information content (AvgIpc) is 3.31. The van der Waals surface area contributed by atoms with Gasteiger partial charge in [0.1, 0.15) is 0 Å². The first-order valence-electron chi connectivity index (χ1n) is 10.4. The van der Waals surface area contributed by atoms with Crippen molar-refractivity contribution in [1.29, 1.82) is 0 Å². The third kappa shape index (κ3) is 4.17. The molecule has 2 amide bonds. The molecular weight excluding hydrogens is 350 g/mol. The molecule has 1 aliphatic carbocycles. The summed E-state index contributed by atoms with van der Waals surface area (Å²) in [5.41, 5.74) is 2.32. The molecule has 2 aromatic carbocycles. The number of imide groups is 1. The van der Waals surface area contributed by atoms with E-state index in [9.17, 15) is 9.59 Å². The van der Waals surface area contributed by atoms with Crippen LogP contribution in [-0.2, 0) is 11.2 Å². The summed E-state index contributed by atoms with van der Waals surface area (Å²) in [6.45, 7) is 0.450. The highest BCUT2D eigenvalue weighted by atomic mass is 16.5. The molecule has 1 heterocycles. The van der Waals surface area contributed by atoms with Crippen LogP contribution in [0.3, 0.4) is 0 Å². The molecule has 0 N–H and O–H groups in total. The molecule has 0 bridgehead atoms. The number of carbonyl (C=O) groups excluding carboxylic acids is 2. The molecule has 0 spiro atoms. The molecule has 2 aliphatic rings. The fourth-order valence-electron chi connectivity index (χ4n) is 4.31. The van der Waals surface area contributed by atoms with Gasteiger partial charge in [0, 0.05) is 6.54 Å². The normalized spacial score (nSPS) is 17.9. The number of hydrogen-bond acceptors (Lipinski definition) is 3. The minimum atomic E-state index is -0.170. The predicted molar refractivity (Wildman–Crippen MR) is 108 cm³/mol. The predicted octanol–water partition coefficient (Wildman–Crippen LogP) is 4.63. The number of nitrogens with zero attached hydrogens (tertiary/aromatic N) is 1. The fraction of sp³-hybridized carbons (Fsp3) is 0.417. The van der Waals surface area contributed by atoms with Gasteiger partial charge in [0.2, 0.25) is 0 Å². The van der Waals surface area contributed by atoms with E-state index in [1.165, 1.54) is 23.3 Å². The molecule has 0 aromatic heterocycles. The van der Waals surface area contributed by atoms with E-state index in [-0.39, 0.29) is 17.9 Å². The van der Waals surface area contributed by atoms with E-state index in [0.29, 0.717) is 23.8 Å². The van der Waals surface area contributed by atoms with Crippen molar-refractivity contribution in [3.8, 4) is 0 Å². The van der Waals surface area contributed by atoms with Crippen molar-refractivity contribution >= 4 is 11.8 Å². The van der Waals surface area contributed by atoms with Crippen LogP contribution in [0.2, 0.25) is 0 Å². The monoisotopic (exact) mass is 377 g/mol. The maximum absolute atomic E-state index is 12.5. The Morgan fingerprint density at radius 1 is 0.893 bits per heavy atom. The number of fused-ring (bicyclic) bond motifs is 1. The molecule has 1 saturated carbocycles. The zero-order chi connectivity index (χ0) is 19.3. The Bertz CT molecular complexity index is 792. The van der Waals surface area contributed by atoms with Crippen molar-refractivity contribution in [3.63, 3.8) is 0 Å². The molecule has 2 aromatic rings. The molecule has 28 heavy (non-hydrogen) atoms. The van der Waals surface area contributed by atoms with Crippen LogP contribution in [0.25, 0.3) is 0 Å². The van der Waals surface area contributed by atoms with Crippen molar-refractivity contribution < 1.29 is 14.3 Å². The van der Waals surface area contributed by atoms with Gasteiger partial charge in [-0.2, -0.15) is 0 Å². The van der Waals surface area contributed by atoms with E-state index in [2.05, 4.69) is 24.3 Å². The van der Waals surface area contributed by atoms with Crippen LogP contribution < -0.4 is 0 Å². The van der Waals surface area contributed by atoms with Gasteiger partial charge >= 0.3 is 0 Å². The maximum atomic E-state index is 12.5. The summed E-state index contributed by atoms with van der Waals surface area (Å²) in [6, 6.07) is 17.5. The zero-order valence-corrected chi connectivity index (χ0v) is 16.2. The molecule has 0 saturated heterocycles. The van der Waals surface area contributed by atoms with Gasteiger partial charge in [-0.3, -0.25) is 14.5 Å². The average molecular weight is 377 g/mol. The molecule has 4 nitrogen and oxygen atoms in total. The lowest BCUT2D eigenvalue weighted by molar-refractivity contribution is -0.0134. The van der Waals surface area contributed by atoms with E-state index in [0.717, 1.165) is 32.1 Å². The summed E-state index contributed by atoms with van der Waals surface area (Å²) in [5.74, 6) is -0.339. The van der Waals surface area contributed by atoms with Crippen LogP contribution in [0.4, 0.5) is 0 Å². The highest BCUT2D eigenvalue weighted by Crippen LogP contribution is 2.26. The lowest BCUT2D eigenvalue weighted by Gasteiger charge is -2.23. The summed E-state index contributed by atoms with van der Waals surface area (Å²) in [6.07, 6.45) is 7.74. The summed E-state index contributed by atoms with van der Waals surface area (Å²) < 4.78 is 6.41. The van der Waals surface area contributed by atoms with Crippen LogP contribution in [0.1, 0.15) is 64.8 Å². The van der Waals surface area contributed by atoms with Gasteiger partial charge in [-0.1, -0.05) is 55.3 Å². The Morgan fingerprint density at radius 3 is 2.14 bits per heavy atom. The Labute approximate surface area is 166 Å². The van der Waals surface area contributed by atoms with Crippen LogP contribution in [-0.4, -0.2) is 35.5 Å². The smallest absolute Gasteiger partial charge is 0.261 e. The Kier molecular flexibility index (Phi) is 5.87. The standard InChI is InChI=1S/C24H27NO3/c26-23-21-14-6-7-15-22(21)24(27)25(23)16-8-13-20(28-19-11-4-5-12-19)17-18-9-2-1-3-10-18/h1-3,6-7,9-10,14-15,19-20H,4-5,8,11-13,16-17H2. The van der Waals surface area contributed by atoms with Crippen LogP contribution in [0, 0.1) is 0 Å². The number of rotatable bonds is 8. The Hall–Kier alpha value is -2.46. The minimum absolute atomic E-state index is 0.126. The van der Waals surface area contributed by atoms with Gasteiger partial charge in [0.25, 0.3) is 11.8 Å². The molecule has 146 valence electrons. The van der Waals surface area contributed by atoms with E-state index < -0.39 is 0 Å². The number of benzene rings is 2. The first-order chi connectivity index (χ1) is 13.7. The zero-order valence-electron chi connectivity index (χ0n) is 16.2. The van der Waals surface area contributed by atoms with E-state index in [4.69, 9.17) is 4.74 Å². The lowest BCUT2D eigenvalue weighted by Crippen LogP contribution is -2.32. The molecule has 1 unspecified atom stereocenters. The van der Waals surface area contributed by atoms with Gasteiger partial charge in [-0.25, -0.2) is 0 Å². The van der Waals surface area contributed by atoms with Crippen molar-refractivity contribution in [2.75, 3.05) is 6.54 Å². The van der Waals surface area contributed by atoms with Gasteiger partial charge in [0.15, 0.2) is 0 Å². The SMILES string of the molecule is O=C1c2ccccc2C(=O)N1CCCC(Cc1ccccc1)OC1CCCC1. The summed E-state index contributed by atoms with van der Waals surface area (Å²) in [4.78, 5) is 26.4. The molecular formula is C24H27NO3. The van der Waals surface area contributed by atoms with Crippen LogP contribution in [0.15, 0.2) is 54.6 Å². The third-order valence-corrected chi connectivity index (χ3v) is 5.78. The second-order valence-electron chi connectivity index (χ2n) is 7.80. The Balaban J connectivity index is 1.36. The van der Waals surface area contributed by atoms with E-state index in [1.54, 1.807) is 24.3 Å². The van der Waals surface area contributed by atoms with Crippen molar-refractivity contribution in [2.24, 2.45) is 0 Å². The maximum Gasteiger partial charge on any atom is 0.261 e. The number of amides is 2. The molecule has 4 heteroatoms. The fourth-order valence-corrected chi connectivity index (χ4v) is 4.31. The molecule has 4 rings (SSSR count). The highest BCUT2D eigenvalue weighted by Gasteiger charge is 2.34. The van der Waals surface area contributed by atoms with Crippen molar-refractivity contribution in [2.45, 2.75) is 57.2 Å². The second kappa shape index (κ2) is 8.70. The lowest BCUT2D eigenvalue weighted by atomic mass is 10.0.